The molecule has 2 aromatic carbocycles. The Morgan fingerprint density at radius 1 is 1.17 bits per heavy atom. The lowest BCUT2D eigenvalue weighted by molar-refractivity contribution is 0.619. The Kier molecular flexibility index (Phi) is 3.50. The van der Waals surface area contributed by atoms with Gasteiger partial charge in [-0.15, -0.1) is 0 Å². The molecule has 0 aliphatic carbocycles. The Hall–Kier alpha value is -2.05. The number of nitrogens with one attached hydrogen (secondary N) is 1. The van der Waals surface area contributed by atoms with Crippen molar-refractivity contribution in [2.24, 2.45) is 0 Å². The van der Waals surface area contributed by atoms with Gasteiger partial charge in [0.15, 0.2) is 0 Å². The van der Waals surface area contributed by atoms with Crippen LogP contribution in [0.5, 0.6) is 0 Å². The summed E-state index contributed by atoms with van der Waals surface area (Å²) in [6, 6.07) is 11.9. The fourth-order valence-electron chi connectivity index (χ4n) is 1.63. The molecule has 2 nitrogen and oxygen atoms in total. The number of hydrogen-bond acceptors (Lipinski definition) is 2. The smallest absolute Gasteiger partial charge is 0.128 e. The van der Waals surface area contributed by atoms with Crippen LogP contribution in [0.15, 0.2) is 36.4 Å². The SMILES string of the molecule is Cc1c(F)cccc1Nc1cccc(Cl)c1C#N. The molecule has 0 unspecified atom stereocenters. The maximum absolute atomic E-state index is 13.4. The van der Waals surface area contributed by atoms with Crippen LogP contribution in [0.4, 0.5) is 15.8 Å². The van der Waals surface area contributed by atoms with Crippen LogP contribution in [0.2, 0.25) is 5.02 Å². The highest BCUT2D eigenvalue weighted by molar-refractivity contribution is 6.32. The van der Waals surface area contributed by atoms with E-state index in [4.69, 9.17) is 16.9 Å². The molecule has 0 fully saturated rings. The monoisotopic (exact) mass is 260 g/mol. The zero-order valence-electron chi connectivity index (χ0n) is 9.67. The summed E-state index contributed by atoms with van der Waals surface area (Å²) in [6.45, 7) is 1.67. The Bertz CT molecular complexity index is 632. The molecule has 4 heteroatoms. The molecule has 0 heterocycles. The Morgan fingerprint density at radius 2 is 1.83 bits per heavy atom. The highest BCUT2D eigenvalue weighted by Crippen LogP contribution is 2.28. The predicted octanol–water partition coefficient (Wildman–Crippen LogP) is 4.40. The first-order chi connectivity index (χ1) is 8.63. The maximum Gasteiger partial charge on any atom is 0.128 e. The maximum atomic E-state index is 13.4. The summed E-state index contributed by atoms with van der Waals surface area (Å²) in [5.41, 5.74) is 2.04. The molecule has 0 saturated carbocycles. The normalized spacial score (nSPS) is 9.89. The third-order valence-corrected chi connectivity index (χ3v) is 2.98. The highest BCUT2D eigenvalue weighted by atomic mass is 35.5. The zero-order valence-corrected chi connectivity index (χ0v) is 10.4. The van der Waals surface area contributed by atoms with Gasteiger partial charge < -0.3 is 5.32 Å². The molecule has 2 aromatic rings. The minimum atomic E-state index is -0.291. The van der Waals surface area contributed by atoms with E-state index in [1.54, 1.807) is 37.3 Å². The first-order valence-corrected chi connectivity index (χ1v) is 5.72. The third kappa shape index (κ3) is 2.29. The van der Waals surface area contributed by atoms with E-state index in [1.807, 2.05) is 6.07 Å². The van der Waals surface area contributed by atoms with Gasteiger partial charge in [0.2, 0.25) is 0 Å². The van der Waals surface area contributed by atoms with Gasteiger partial charge in [-0.2, -0.15) is 5.26 Å². The van der Waals surface area contributed by atoms with E-state index in [2.05, 4.69) is 5.32 Å². The second-order valence-corrected chi connectivity index (χ2v) is 4.22. The molecule has 2 rings (SSSR count). The van der Waals surface area contributed by atoms with Crippen molar-refractivity contribution < 1.29 is 4.39 Å². The van der Waals surface area contributed by atoms with Gasteiger partial charge in [0.25, 0.3) is 0 Å². The molecule has 0 amide bonds. The molecule has 0 bridgehead atoms. The number of anilines is 2. The average Bonchev–Trinajstić information content (AvgIpc) is 2.35. The molecule has 18 heavy (non-hydrogen) atoms. The summed E-state index contributed by atoms with van der Waals surface area (Å²) in [4.78, 5) is 0. The molecule has 0 saturated heterocycles. The molecule has 1 N–H and O–H groups in total. The molecule has 0 atom stereocenters. The van der Waals surface area contributed by atoms with Gasteiger partial charge in [0.05, 0.1) is 16.3 Å². The van der Waals surface area contributed by atoms with Crippen molar-refractivity contribution in [3.63, 3.8) is 0 Å². The lowest BCUT2D eigenvalue weighted by Gasteiger charge is -2.11. The Labute approximate surface area is 110 Å². The summed E-state index contributed by atoms with van der Waals surface area (Å²) in [5, 5.41) is 12.5. The molecular weight excluding hydrogens is 251 g/mol. The second-order valence-electron chi connectivity index (χ2n) is 3.81. The van der Waals surface area contributed by atoms with Crippen molar-refractivity contribution >= 4 is 23.0 Å². The van der Waals surface area contributed by atoms with Gasteiger partial charge in [-0.05, 0) is 31.2 Å². The summed E-state index contributed by atoms with van der Waals surface area (Å²) >= 11 is 5.93. The lowest BCUT2D eigenvalue weighted by Crippen LogP contribution is -1.97. The fourth-order valence-corrected chi connectivity index (χ4v) is 1.85. The van der Waals surface area contributed by atoms with E-state index in [-0.39, 0.29) is 5.82 Å². The van der Waals surface area contributed by atoms with E-state index in [9.17, 15) is 4.39 Å². The van der Waals surface area contributed by atoms with Gasteiger partial charge in [-0.3, -0.25) is 0 Å². The van der Waals surface area contributed by atoms with Crippen molar-refractivity contribution in [2.45, 2.75) is 6.92 Å². The van der Waals surface area contributed by atoms with Gasteiger partial charge >= 0.3 is 0 Å². The van der Waals surface area contributed by atoms with Crippen molar-refractivity contribution in [3.05, 3.63) is 58.4 Å². The molecule has 0 radical (unpaired) electrons. The summed E-state index contributed by atoms with van der Waals surface area (Å²) in [6.07, 6.45) is 0. The zero-order chi connectivity index (χ0) is 13.1. The lowest BCUT2D eigenvalue weighted by atomic mass is 10.1. The number of nitrogens with zero attached hydrogens (tertiary/aromatic N) is 1. The molecule has 0 aromatic heterocycles. The highest BCUT2D eigenvalue weighted by Gasteiger charge is 2.09. The summed E-state index contributed by atoms with van der Waals surface area (Å²) in [5.74, 6) is -0.291. The van der Waals surface area contributed by atoms with Crippen LogP contribution >= 0.6 is 11.6 Å². The van der Waals surface area contributed by atoms with Gasteiger partial charge in [0, 0.05) is 11.3 Å². The van der Waals surface area contributed by atoms with Crippen molar-refractivity contribution in [1.29, 1.82) is 5.26 Å². The molecular formula is C14H10ClFN2. The summed E-state index contributed by atoms with van der Waals surface area (Å²) < 4.78 is 13.4. The van der Waals surface area contributed by atoms with E-state index < -0.39 is 0 Å². The fraction of sp³-hybridized carbons (Fsp3) is 0.0714. The van der Waals surface area contributed by atoms with E-state index in [0.29, 0.717) is 27.5 Å². The number of halogens is 2. The minimum absolute atomic E-state index is 0.291. The van der Waals surface area contributed by atoms with Crippen LogP contribution < -0.4 is 5.32 Å². The first-order valence-electron chi connectivity index (χ1n) is 5.34. The van der Waals surface area contributed by atoms with Crippen LogP contribution in [-0.2, 0) is 0 Å². The molecule has 90 valence electrons. The van der Waals surface area contributed by atoms with Crippen molar-refractivity contribution in [3.8, 4) is 6.07 Å². The van der Waals surface area contributed by atoms with Crippen LogP contribution in [0.3, 0.4) is 0 Å². The molecule has 0 aliphatic heterocycles. The summed E-state index contributed by atoms with van der Waals surface area (Å²) in [7, 11) is 0. The third-order valence-electron chi connectivity index (χ3n) is 2.66. The van der Waals surface area contributed by atoms with Gasteiger partial charge in [-0.25, -0.2) is 4.39 Å². The van der Waals surface area contributed by atoms with Gasteiger partial charge in [-0.1, -0.05) is 23.7 Å². The number of rotatable bonds is 2. The van der Waals surface area contributed by atoms with Crippen LogP contribution in [0.25, 0.3) is 0 Å². The van der Waals surface area contributed by atoms with Crippen molar-refractivity contribution in [1.82, 2.24) is 0 Å². The standard InChI is InChI=1S/C14H10ClFN2/c1-9-12(16)5-3-6-13(9)18-14-7-2-4-11(15)10(14)8-17/h2-7,18H,1H3. The minimum Gasteiger partial charge on any atom is -0.354 e. The largest absolute Gasteiger partial charge is 0.354 e. The van der Waals surface area contributed by atoms with Crippen LogP contribution in [0.1, 0.15) is 11.1 Å². The number of hydrogen-bond donors (Lipinski definition) is 1. The first kappa shape index (κ1) is 12.4. The van der Waals surface area contributed by atoms with E-state index in [0.717, 1.165) is 0 Å². The van der Waals surface area contributed by atoms with Crippen molar-refractivity contribution in [2.75, 3.05) is 5.32 Å². The Morgan fingerprint density at radius 3 is 2.56 bits per heavy atom. The number of benzene rings is 2. The average molecular weight is 261 g/mol. The van der Waals surface area contributed by atoms with E-state index >= 15 is 0 Å². The number of nitriles is 1. The van der Waals surface area contributed by atoms with Gasteiger partial charge in [0.1, 0.15) is 11.9 Å². The predicted molar refractivity (Wildman–Crippen MR) is 70.6 cm³/mol. The second kappa shape index (κ2) is 5.07. The topological polar surface area (TPSA) is 35.8 Å². The quantitative estimate of drug-likeness (QED) is 0.869. The van der Waals surface area contributed by atoms with Crippen LogP contribution in [0, 0.1) is 24.1 Å². The van der Waals surface area contributed by atoms with Crippen LogP contribution in [-0.4, -0.2) is 0 Å². The Balaban J connectivity index is 2.44. The molecule has 0 aliphatic rings. The van der Waals surface area contributed by atoms with E-state index in [1.165, 1.54) is 6.07 Å². The molecule has 0 spiro atoms.